The summed E-state index contributed by atoms with van der Waals surface area (Å²) in [4.78, 5) is 24.3. The van der Waals surface area contributed by atoms with Gasteiger partial charge in [0.1, 0.15) is 5.69 Å². The van der Waals surface area contributed by atoms with Crippen LogP contribution < -0.4 is 16.2 Å². The third-order valence-corrected chi connectivity index (χ3v) is 4.73. The van der Waals surface area contributed by atoms with E-state index in [2.05, 4.69) is 15.7 Å². The van der Waals surface area contributed by atoms with Gasteiger partial charge in [0, 0.05) is 25.2 Å². The Kier molecular flexibility index (Phi) is 8.48. The number of nitrogens with zero attached hydrogens (tertiary/aromatic N) is 2. The quantitative estimate of drug-likeness (QED) is 0.587. The summed E-state index contributed by atoms with van der Waals surface area (Å²) < 4.78 is 1.25. The molecule has 2 aromatic rings. The zero-order chi connectivity index (χ0) is 18.2. The number of nitrogens with one attached hydrogen (secondary N) is 2. The minimum absolute atomic E-state index is 0. The molecule has 1 aromatic heterocycles. The molecule has 1 aliphatic carbocycles. The fourth-order valence-corrected chi connectivity index (χ4v) is 3.31. The Morgan fingerprint density at radius 1 is 1.00 bits per heavy atom. The minimum atomic E-state index is -0.266. The summed E-state index contributed by atoms with van der Waals surface area (Å²) >= 11 is 0. The van der Waals surface area contributed by atoms with E-state index in [4.69, 9.17) is 0 Å². The van der Waals surface area contributed by atoms with Crippen LogP contribution in [-0.4, -0.2) is 34.8 Å². The van der Waals surface area contributed by atoms with Gasteiger partial charge in [0.15, 0.2) is 0 Å². The van der Waals surface area contributed by atoms with Crippen LogP contribution in [0, 0.1) is 0 Å². The first kappa shape index (κ1) is 21.1. The largest absolute Gasteiger partial charge is 0.349 e. The third kappa shape index (κ3) is 6.19. The van der Waals surface area contributed by atoms with Crippen LogP contribution in [0.5, 0.6) is 0 Å². The number of carbonyl (C=O) groups is 1. The van der Waals surface area contributed by atoms with Gasteiger partial charge < -0.3 is 10.6 Å². The van der Waals surface area contributed by atoms with Crippen molar-refractivity contribution in [1.82, 2.24) is 20.4 Å². The molecular formula is C20H27ClN4O2. The maximum absolute atomic E-state index is 12.3. The van der Waals surface area contributed by atoms with Gasteiger partial charge in [-0.15, -0.1) is 12.4 Å². The zero-order valence-corrected chi connectivity index (χ0v) is 16.2. The highest BCUT2D eigenvalue weighted by atomic mass is 35.5. The van der Waals surface area contributed by atoms with Crippen molar-refractivity contribution in [2.24, 2.45) is 0 Å². The Morgan fingerprint density at radius 2 is 1.70 bits per heavy atom. The summed E-state index contributed by atoms with van der Waals surface area (Å²) in [5.74, 6) is -0.266. The number of halogens is 1. The molecule has 0 bridgehead atoms. The number of hydrogen-bond donors (Lipinski definition) is 2. The molecule has 1 saturated carbocycles. The first-order valence-corrected chi connectivity index (χ1v) is 9.41. The lowest BCUT2D eigenvalue weighted by Crippen LogP contribution is -2.37. The third-order valence-electron chi connectivity index (χ3n) is 4.73. The van der Waals surface area contributed by atoms with Gasteiger partial charge in [-0.2, -0.15) is 9.78 Å². The summed E-state index contributed by atoms with van der Waals surface area (Å²) in [6, 6.07) is 12.5. The second-order valence-corrected chi connectivity index (χ2v) is 6.70. The summed E-state index contributed by atoms with van der Waals surface area (Å²) in [6.45, 7) is 1.29. The predicted octanol–water partition coefficient (Wildman–Crippen LogP) is 2.70. The van der Waals surface area contributed by atoms with Crippen LogP contribution in [-0.2, 0) is 0 Å². The number of amides is 1. The highest BCUT2D eigenvalue weighted by Gasteiger charge is 2.12. The molecule has 1 aromatic carbocycles. The number of hydrogen-bond acceptors (Lipinski definition) is 4. The zero-order valence-electron chi connectivity index (χ0n) is 15.4. The molecule has 6 nitrogen and oxygen atoms in total. The molecule has 3 rings (SSSR count). The van der Waals surface area contributed by atoms with Crippen molar-refractivity contribution >= 4 is 18.3 Å². The lowest BCUT2D eigenvalue weighted by atomic mass is 10.1. The van der Waals surface area contributed by atoms with Crippen LogP contribution >= 0.6 is 12.4 Å². The van der Waals surface area contributed by atoms with E-state index in [9.17, 15) is 9.59 Å². The molecule has 0 aliphatic heterocycles. The Balaban J connectivity index is 0.00000261. The highest BCUT2D eigenvalue weighted by molar-refractivity contribution is 5.92. The van der Waals surface area contributed by atoms with Gasteiger partial charge in [0.25, 0.3) is 11.5 Å². The van der Waals surface area contributed by atoms with Gasteiger partial charge in [-0.25, -0.2) is 0 Å². The SMILES string of the molecule is Cl.O=C(NCCNC1CCCCCC1)c1ccc(=O)n(-c2ccccc2)n1. The Hall–Kier alpha value is -2.18. The molecule has 27 heavy (non-hydrogen) atoms. The lowest BCUT2D eigenvalue weighted by molar-refractivity contribution is 0.0946. The molecule has 0 saturated heterocycles. The van der Waals surface area contributed by atoms with Crippen molar-refractivity contribution in [2.75, 3.05) is 13.1 Å². The Labute approximate surface area is 165 Å². The van der Waals surface area contributed by atoms with Crippen molar-refractivity contribution in [3.63, 3.8) is 0 Å². The van der Waals surface area contributed by atoms with Gasteiger partial charge in [0.2, 0.25) is 0 Å². The Morgan fingerprint density at radius 3 is 2.41 bits per heavy atom. The van der Waals surface area contributed by atoms with E-state index in [1.165, 1.54) is 55.3 Å². The van der Waals surface area contributed by atoms with Gasteiger partial charge in [-0.1, -0.05) is 43.9 Å². The maximum atomic E-state index is 12.3. The molecule has 0 radical (unpaired) electrons. The number of carbonyl (C=O) groups excluding carboxylic acids is 1. The van der Waals surface area contributed by atoms with E-state index in [0.29, 0.717) is 18.3 Å². The molecule has 2 N–H and O–H groups in total. The lowest BCUT2D eigenvalue weighted by Gasteiger charge is -2.16. The van der Waals surface area contributed by atoms with Gasteiger partial charge in [-0.05, 0) is 31.0 Å². The van der Waals surface area contributed by atoms with Crippen LogP contribution in [0.1, 0.15) is 49.0 Å². The van der Waals surface area contributed by atoms with Gasteiger partial charge >= 0.3 is 0 Å². The van der Waals surface area contributed by atoms with Crippen LogP contribution in [0.3, 0.4) is 0 Å². The van der Waals surface area contributed by atoms with E-state index in [1.54, 1.807) is 12.1 Å². The highest BCUT2D eigenvalue weighted by Crippen LogP contribution is 2.16. The first-order valence-electron chi connectivity index (χ1n) is 9.41. The van der Waals surface area contributed by atoms with Gasteiger partial charge in [-0.3, -0.25) is 9.59 Å². The molecule has 1 amide bonds. The van der Waals surface area contributed by atoms with E-state index >= 15 is 0 Å². The monoisotopic (exact) mass is 390 g/mol. The molecule has 1 aliphatic rings. The van der Waals surface area contributed by atoms with Crippen LogP contribution in [0.25, 0.3) is 5.69 Å². The van der Waals surface area contributed by atoms with E-state index in [-0.39, 0.29) is 29.6 Å². The fraction of sp³-hybridized carbons (Fsp3) is 0.450. The normalized spacial score (nSPS) is 14.8. The topological polar surface area (TPSA) is 76.0 Å². The molecule has 146 valence electrons. The Bertz CT molecular complexity index is 771. The number of benzene rings is 1. The number of rotatable bonds is 6. The number of aromatic nitrogens is 2. The number of para-hydroxylation sites is 1. The summed E-state index contributed by atoms with van der Waals surface area (Å²) in [7, 11) is 0. The predicted molar refractivity (Wildman–Crippen MR) is 109 cm³/mol. The summed E-state index contributed by atoms with van der Waals surface area (Å²) in [5.41, 5.74) is 0.618. The smallest absolute Gasteiger partial charge is 0.271 e. The minimum Gasteiger partial charge on any atom is -0.349 e. The van der Waals surface area contributed by atoms with Crippen molar-refractivity contribution in [3.05, 3.63) is 58.5 Å². The molecule has 1 fully saturated rings. The van der Waals surface area contributed by atoms with E-state index < -0.39 is 0 Å². The van der Waals surface area contributed by atoms with E-state index in [0.717, 1.165) is 6.54 Å². The molecule has 7 heteroatoms. The molecule has 0 unspecified atom stereocenters. The molecule has 0 atom stereocenters. The van der Waals surface area contributed by atoms with Crippen LogP contribution in [0.15, 0.2) is 47.3 Å². The average Bonchev–Trinajstić information content (AvgIpc) is 2.95. The molecule has 0 spiro atoms. The van der Waals surface area contributed by atoms with Crippen LogP contribution in [0.4, 0.5) is 0 Å². The second kappa shape index (κ2) is 10.8. The van der Waals surface area contributed by atoms with Crippen molar-refractivity contribution in [2.45, 2.75) is 44.6 Å². The summed E-state index contributed by atoms with van der Waals surface area (Å²) in [5, 5.41) is 10.6. The second-order valence-electron chi connectivity index (χ2n) is 6.70. The fourth-order valence-electron chi connectivity index (χ4n) is 3.31. The average molecular weight is 391 g/mol. The van der Waals surface area contributed by atoms with Crippen LogP contribution in [0.2, 0.25) is 0 Å². The molecular weight excluding hydrogens is 364 g/mol. The maximum Gasteiger partial charge on any atom is 0.271 e. The molecule has 1 heterocycles. The van der Waals surface area contributed by atoms with E-state index in [1.807, 2.05) is 18.2 Å². The summed E-state index contributed by atoms with van der Waals surface area (Å²) in [6.07, 6.45) is 7.68. The first-order chi connectivity index (χ1) is 12.7. The van der Waals surface area contributed by atoms with Crippen molar-refractivity contribution in [3.8, 4) is 5.69 Å². The van der Waals surface area contributed by atoms with Gasteiger partial charge in [0.05, 0.1) is 5.69 Å². The van der Waals surface area contributed by atoms with Crippen molar-refractivity contribution < 1.29 is 4.79 Å². The van der Waals surface area contributed by atoms with Crippen molar-refractivity contribution in [1.29, 1.82) is 0 Å². The standard InChI is InChI=1S/C20H26N4O2.ClH/c25-19-13-12-18(23-24(19)17-10-6-3-7-11-17)20(26)22-15-14-21-16-8-4-1-2-5-9-16;/h3,6-7,10-13,16,21H,1-2,4-5,8-9,14-15H2,(H,22,26);1H.